The summed E-state index contributed by atoms with van der Waals surface area (Å²) in [5.74, 6) is 5.09. The summed E-state index contributed by atoms with van der Waals surface area (Å²) in [5.41, 5.74) is 2.08. The van der Waals surface area contributed by atoms with Crippen LogP contribution in [0.15, 0.2) is 0 Å². The van der Waals surface area contributed by atoms with Crippen LogP contribution >= 0.6 is 0 Å². The lowest BCUT2D eigenvalue weighted by Crippen LogP contribution is -2.48. The van der Waals surface area contributed by atoms with Crippen LogP contribution in [-0.2, 0) is 4.79 Å². The fraction of sp³-hybridized carbons (Fsp3) is 0.750. The summed E-state index contributed by atoms with van der Waals surface area (Å²) in [4.78, 5) is 24.0. The topological polar surface area (TPSA) is 87.5 Å². The molecule has 0 aliphatic carbocycles. The van der Waals surface area contributed by atoms with Crippen LogP contribution in [0, 0.1) is 5.92 Å². The predicted octanol–water partition coefficient (Wildman–Crippen LogP) is -0.972. The molecule has 1 fully saturated rings. The van der Waals surface area contributed by atoms with E-state index in [4.69, 9.17) is 5.84 Å². The zero-order valence-corrected chi connectivity index (χ0v) is 8.25. The second-order valence-electron chi connectivity index (χ2n) is 3.33. The van der Waals surface area contributed by atoms with E-state index < -0.39 is 0 Å². The summed E-state index contributed by atoms with van der Waals surface area (Å²) in [7, 11) is 1.63. The van der Waals surface area contributed by atoms with Gasteiger partial charge < -0.3 is 10.2 Å². The van der Waals surface area contributed by atoms with Crippen LogP contribution in [0.4, 0.5) is 4.79 Å². The first-order valence-corrected chi connectivity index (χ1v) is 4.66. The van der Waals surface area contributed by atoms with E-state index in [2.05, 4.69) is 10.7 Å². The van der Waals surface area contributed by atoms with Crippen molar-refractivity contribution in [3.05, 3.63) is 0 Å². The van der Waals surface area contributed by atoms with E-state index in [0.29, 0.717) is 25.9 Å². The molecule has 6 heteroatoms. The average Bonchev–Trinajstić information content (AvgIpc) is 2.27. The minimum absolute atomic E-state index is 0.0295. The standard InChI is InChI=1S/C8H16N4O2/c1-10-7(13)6-2-4-12(5-3-6)8(14)11-9/h6H,2-5,9H2,1H3,(H,10,13)(H,11,14). The first kappa shape index (κ1) is 10.8. The van der Waals surface area contributed by atoms with Gasteiger partial charge in [-0.25, -0.2) is 10.6 Å². The number of urea groups is 1. The molecule has 80 valence electrons. The number of nitrogens with zero attached hydrogens (tertiary/aromatic N) is 1. The quantitative estimate of drug-likeness (QED) is 0.289. The third-order valence-electron chi connectivity index (χ3n) is 2.52. The Morgan fingerprint density at radius 2 is 1.93 bits per heavy atom. The summed E-state index contributed by atoms with van der Waals surface area (Å²) in [6, 6.07) is -0.277. The molecule has 3 amide bonds. The normalized spacial score (nSPS) is 17.7. The highest BCUT2D eigenvalue weighted by Gasteiger charge is 2.26. The number of likely N-dealkylation sites (tertiary alicyclic amines) is 1. The molecule has 0 bridgehead atoms. The lowest BCUT2D eigenvalue weighted by Gasteiger charge is -2.30. The summed E-state index contributed by atoms with van der Waals surface area (Å²) in [6.45, 7) is 1.17. The molecule has 0 radical (unpaired) electrons. The summed E-state index contributed by atoms with van der Waals surface area (Å²) in [5, 5.41) is 2.61. The van der Waals surface area contributed by atoms with Crippen molar-refractivity contribution in [1.82, 2.24) is 15.6 Å². The van der Waals surface area contributed by atoms with Crippen molar-refractivity contribution in [2.24, 2.45) is 11.8 Å². The van der Waals surface area contributed by atoms with Crippen molar-refractivity contribution >= 4 is 11.9 Å². The van der Waals surface area contributed by atoms with E-state index >= 15 is 0 Å². The Morgan fingerprint density at radius 1 is 1.36 bits per heavy atom. The van der Waals surface area contributed by atoms with Gasteiger partial charge in [0.05, 0.1) is 0 Å². The maximum atomic E-state index is 11.3. The zero-order valence-electron chi connectivity index (χ0n) is 8.25. The highest BCUT2D eigenvalue weighted by atomic mass is 16.2. The maximum Gasteiger partial charge on any atom is 0.331 e. The number of piperidine rings is 1. The van der Waals surface area contributed by atoms with Crippen LogP contribution in [0.25, 0.3) is 0 Å². The molecule has 1 aliphatic rings. The van der Waals surface area contributed by atoms with Gasteiger partial charge in [0.15, 0.2) is 0 Å². The minimum atomic E-state index is -0.277. The number of hydrogen-bond donors (Lipinski definition) is 3. The van der Waals surface area contributed by atoms with Crippen molar-refractivity contribution in [2.75, 3.05) is 20.1 Å². The lowest BCUT2D eigenvalue weighted by atomic mass is 9.96. The molecule has 0 aromatic heterocycles. The summed E-state index contributed by atoms with van der Waals surface area (Å²) < 4.78 is 0. The average molecular weight is 200 g/mol. The van der Waals surface area contributed by atoms with Crippen LogP contribution in [0.1, 0.15) is 12.8 Å². The van der Waals surface area contributed by atoms with Crippen molar-refractivity contribution in [1.29, 1.82) is 0 Å². The highest BCUT2D eigenvalue weighted by Crippen LogP contribution is 2.16. The largest absolute Gasteiger partial charge is 0.359 e. The molecular formula is C8H16N4O2. The second-order valence-corrected chi connectivity index (χ2v) is 3.33. The van der Waals surface area contributed by atoms with Gasteiger partial charge >= 0.3 is 6.03 Å². The maximum absolute atomic E-state index is 11.3. The van der Waals surface area contributed by atoms with Gasteiger partial charge in [-0.3, -0.25) is 10.2 Å². The first-order valence-electron chi connectivity index (χ1n) is 4.66. The SMILES string of the molecule is CNC(=O)C1CCN(C(=O)NN)CC1. The predicted molar refractivity (Wildman–Crippen MR) is 51.1 cm³/mol. The highest BCUT2D eigenvalue weighted by molar-refractivity contribution is 5.79. The van der Waals surface area contributed by atoms with Crippen molar-refractivity contribution in [3.63, 3.8) is 0 Å². The zero-order chi connectivity index (χ0) is 10.6. The monoisotopic (exact) mass is 200 g/mol. The van der Waals surface area contributed by atoms with Crippen LogP contribution < -0.4 is 16.6 Å². The Balaban J connectivity index is 2.38. The van der Waals surface area contributed by atoms with Gasteiger partial charge in [0.25, 0.3) is 0 Å². The Hall–Kier alpha value is -1.30. The van der Waals surface area contributed by atoms with Crippen molar-refractivity contribution in [3.8, 4) is 0 Å². The number of nitrogens with one attached hydrogen (secondary N) is 2. The molecule has 4 N–H and O–H groups in total. The minimum Gasteiger partial charge on any atom is -0.359 e. The molecule has 0 aromatic carbocycles. The fourth-order valence-electron chi connectivity index (χ4n) is 1.64. The van der Waals surface area contributed by atoms with E-state index in [-0.39, 0.29) is 17.9 Å². The molecular weight excluding hydrogens is 184 g/mol. The van der Waals surface area contributed by atoms with Crippen molar-refractivity contribution in [2.45, 2.75) is 12.8 Å². The number of rotatable bonds is 1. The van der Waals surface area contributed by atoms with Gasteiger partial charge in [-0.1, -0.05) is 0 Å². The Kier molecular flexibility index (Phi) is 3.70. The molecule has 0 aromatic rings. The Morgan fingerprint density at radius 3 is 2.36 bits per heavy atom. The molecule has 0 spiro atoms. The molecule has 0 saturated carbocycles. The lowest BCUT2D eigenvalue weighted by molar-refractivity contribution is -0.125. The fourth-order valence-corrected chi connectivity index (χ4v) is 1.64. The molecule has 0 unspecified atom stereocenters. The van der Waals surface area contributed by atoms with Crippen molar-refractivity contribution < 1.29 is 9.59 Å². The van der Waals surface area contributed by atoms with Gasteiger partial charge in [-0.2, -0.15) is 0 Å². The third kappa shape index (κ3) is 2.35. The number of hydrazine groups is 1. The van der Waals surface area contributed by atoms with E-state index in [1.54, 1.807) is 11.9 Å². The van der Waals surface area contributed by atoms with Crippen LogP contribution in [0.2, 0.25) is 0 Å². The van der Waals surface area contributed by atoms with Gasteiger partial charge in [-0.15, -0.1) is 0 Å². The number of amides is 3. The molecule has 6 nitrogen and oxygen atoms in total. The van der Waals surface area contributed by atoms with E-state index in [0.717, 1.165) is 0 Å². The first-order chi connectivity index (χ1) is 6.69. The number of hydrogen-bond acceptors (Lipinski definition) is 3. The van der Waals surface area contributed by atoms with E-state index in [9.17, 15) is 9.59 Å². The van der Waals surface area contributed by atoms with E-state index in [1.807, 2.05) is 0 Å². The Labute approximate surface area is 82.8 Å². The molecule has 1 heterocycles. The number of nitrogens with two attached hydrogens (primary N) is 1. The second kappa shape index (κ2) is 4.80. The summed E-state index contributed by atoms with van der Waals surface area (Å²) >= 11 is 0. The van der Waals surface area contributed by atoms with Gasteiger partial charge in [0, 0.05) is 26.1 Å². The smallest absolute Gasteiger partial charge is 0.331 e. The molecule has 14 heavy (non-hydrogen) atoms. The van der Waals surface area contributed by atoms with Crippen LogP contribution in [-0.4, -0.2) is 37.0 Å². The summed E-state index contributed by atoms with van der Waals surface area (Å²) in [6.07, 6.45) is 1.40. The van der Waals surface area contributed by atoms with Gasteiger partial charge in [-0.05, 0) is 12.8 Å². The van der Waals surface area contributed by atoms with Crippen LogP contribution in [0.5, 0.6) is 0 Å². The van der Waals surface area contributed by atoms with E-state index in [1.165, 1.54) is 0 Å². The van der Waals surface area contributed by atoms with Gasteiger partial charge in [0.2, 0.25) is 5.91 Å². The van der Waals surface area contributed by atoms with Gasteiger partial charge in [0.1, 0.15) is 0 Å². The number of carbonyl (C=O) groups excluding carboxylic acids is 2. The third-order valence-corrected chi connectivity index (χ3v) is 2.52. The number of carbonyl (C=O) groups is 2. The molecule has 0 atom stereocenters. The Bertz CT molecular complexity index is 199. The molecule has 1 rings (SSSR count). The van der Waals surface area contributed by atoms with Crippen LogP contribution in [0.3, 0.4) is 0 Å². The molecule has 1 saturated heterocycles. The molecule has 1 aliphatic heterocycles.